The zero-order valence-corrected chi connectivity index (χ0v) is 9.21. The van der Waals surface area contributed by atoms with Crippen molar-refractivity contribution in [2.24, 2.45) is 0 Å². The molecule has 1 aromatic heterocycles. The topological polar surface area (TPSA) is 73.2 Å². The monoisotopic (exact) mass is 255 g/mol. The van der Waals surface area contributed by atoms with E-state index in [0.29, 0.717) is 11.3 Å². The molecule has 0 saturated heterocycles. The van der Waals surface area contributed by atoms with Gasteiger partial charge in [-0.1, -0.05) is 11.6 Å². The van der Waals surface area contributed by atoms with Crippen molar-refractivity contribution in [3.8, 4) is 22.6 Å². The maximum Gasteiger partial charge on any atom is 0.231 e. The number of fused-ring (bicyclic) bond motifs is 1. The molecule has 1 aliphatic rings. The molecule has 7 heteroatoms. The van der Waals surface area contributed by atoms with Crippen LogP contribution in [0.1, 0.15) is 0 Å². The number of nitrogens with zero attached hydrogens (tertiary/aromatic N) is 1. The van der Waals surface area contributed by atoms with Gasteiger partial charge < -0.3 is 15.2 Å². The molecule has 0 spiro atoms. The molecular weight excluding hydrogens is 249 g/mol. The number of H-pyrrole nitrogens is 1. The number of aromatic nitrogens is 2. The summed E-state index contributed by atoms with van der Waals surface area (Å²) < 4.78 is 24.3. The Hall–Kier alpha value is -1.95. The van der Waals surface area contributed by atoms with Crippen LogP contribution in [0.5, 0.6) is 11.5 Å². The molecule has 1 aliphatic heterocycles. The van der Waals surface area contributed by atoms with Gasteiger partial charge in [0.2, 0.25) is 6.79 Å². The largest absolute Gasteiger partial charge is 0.454 e. The highest BCUT2D eigenvalue weighted by Crippen LogP contribution is 2.45. The Kier molecular flexibility index (Phi) is 2.12. The van der Waals surface area contributed by atoms with E-state index < -0.39 is 5.82 Å². The average Bonchev–Trinajstić information content (AvgIpc) is 2.92. The third kappa shape index (κ3) is 1.41. The van der Waals surface area contributed by atoms with E-state index >= 15 is 0 Å². The molecule has 5 nitrogen and oxygen atoms in total. The molecule has 1 aromatic carbocycles. The van der Waals surface area contributed by atoms with E-state index in [4.69, 9.17) is 26.8 Å². The first-order chi connectivity index (χ1) is 8.18. The predicted molar refractivity (Wildman–Crippen MR) is 59.5 cm³/mol. The van der Waals surface area contributed by atoms with Gasteiger partial charge in [0.25, 0.3) is 0 Å². The van der Waals surface area contributed by atoms with Crippen LogP contribution in [0.3, 0.4) is 0 Å². The molecule has 17 heavy (non-hydrogen) atoms. The van der Waals surface area contributed by atoms with Gasteiger partial charge in [-0.15, -0.1) is 0 Å². The molecule has 3 N–H and O–H groups in total. The average molecular weight is 256 g/mol. The van der Waals surface area contributed by atoms with Crippen molar-refractivity contribution in [1.29, 1.82) is 0 Å². The zero-order chi connectivity index (χ0) is 12.0. The van der Waals surface area contributed by atoms with E-state index in [0.717, 1.165) is 0 Å². The van der Waals surface area contributed by atoms with Gasteiger partial charge in [-0.05, 0) is 6.07 Å². The van der Waals surface area contributed by atoms with Gasteiger partial charge in [0, 0.05) is 11.1 Å². The molecule has 0 bridgehead atoms. The van der Waals surface area contributed by atoms with Crippen LogP contribution in [0.25, 0.3) is 11.1 Å². The Morgan fingerprint density at radius 2 is 2.24 bits per heavy atom. The number of hydrogen-bond acceptors (Lipinski definition) is 4. The summed E-state index contributed by atoms with van der Waals surface area (Å²) in [6, 6.07) is 1.49. The smallest absolute Gasteiger partial charge is 0.231 e. The minimum atomic E-state index is -0.607. The molecule has 0 amide bonds. The summed E-state index contributed by atoms with van der Waals surface area (Å²) in [5, 5.41) is 6.14. The van der Waals surface area contributed by atoms with E-state index in [1.54, 1.807) is 0 Å². The molecule has 0 unspecified atom stereocenters. The number of benzene rings is 1. The molecule has 0 saturated carbocycles. The van der Waals surface area contributed by atoms with Crippen LogP contribution in [0.4, 0.5) is 10.2 Å². The second-order valence-corrected chi connectivity index (χ2v) is 3.86. The third-order valence-corrected chi connectivity index (χ3v) is 2.84. The number of anilines is 1. The molecule has 0 radical (unpaired) electrons. The lowest BCUT2D eigenvalue weighted by atomic mass is 10.1. The van der Waals surface area contributed by atoms with Crippen molar-refractivity contribution in [3.63, 3.8) is 0 Å². The van der Waals surface area contributed by atoms with Crippen LogP contribution < -0.4 is 15.2 Å². The minimum absolute atomic E-state index is 0.0266. The lowest BCUT2D eigenvalue weighted by molar-refractivity contribution is 0.174. The number of hydrogen-bond donors (Lipinski definition) is 2. The summed E-state index contributed by atoms with van der Waals surface area (Å²) >= 11 is 5.86. The van der Waals surface area contributed by atoms with Crippen LogP contribution in [0, 0.1) is 5.82 Å². The molecule has 2 aromatic rings. The second-order valence-electron chi connectivity index (χ2n) is 3.48. The van der Waals surface area contributed by atoms with Crippen LogP contribution in [-0.4, -0.2) is 17.0 Å². The predicted octanol–water partition coefficient (Wildman–Crippen LogP) is 2.18. The van der Waals surface area contributed by atoms with E-state index in [-0.39, 0.29) is 28.9 Å². The minimum Gasteiger partial charge on any atom is -0.454 e. The molecule has 0 atom stereocenters. The molecule has 0 aliphatic carbocycles. The SMILES string of the molecule is Nc1[nH]ncc1-c1cc2c(c(Cl)c1F)OCO2. The fraction of sp³-hybridized carbons (Fsp3) is 0.100. The van der Waals surface area contributed by atoms with Crippen molar-refractivity contribution < 1.29 is 13.9 Å². The highest BCUT2D eigenvalue weighted by molar-refractivity contribution is 6.32. The van der Waals surface area contributed by atoms with E-state index in [2.05, 4.69) is 10.2 Å². The molecular formula is C10H7ClFN3O2. The van der Waals surface area contributed by atoms with E-state index in [1.807, 2.05) is 0 Å². The van der Waals surface area contributed by atoms with Gasteiger partial charge in [-0.3, -0.25) is 5.10 Å². The molecule has 2 heterocycles. The Balaban J connectivity index is 2.25. The number of halogens is 2. The van der Waals surface area contributed by atoms with Crippen LogP contribution >= 0.6 is 11.6 Å². The van der Waals surface area contributed by atoms with Gasteiger partial charge in [-0.2, -0.15) is 5.10 Å². The summed E-state index contributed by atoms with van der Waals surface area (Å²) in [6.07, 6.45) is 1.42. The maximum atomic E-state index is 14.0. The number of rotatable bonds is 1. The van der Waals surface area contributed by atoms with Gasteiger partial charge in [0.15, 0.2) is 17.3 Å². The van der Waals surface area contributed by atoms with Gasteiger partial charge in [0.1, 0.15) is 10.8 Å². The lowest BCUT2D eigenvalue weighted by Crippen LogP contribution is -1.93. The van der Waals surface area contributed by atoms with Gasteiger partial charge in [0.05, 0.1) is 6.20 Å². The Morgan fingerprint density at radius 3 is 2.94 bits per heavy atom. The number of nitrogen functional groups attached to an aromatic ring is 1. The highest BCUT2D eigenvalue weighted by atomic mass is 35.5. The molecule has 3 rings (SSSR count). The second kappa shape index (κ2) is 3.53. The van der Waals surface area contributed by atoms with Crippen molar-refractivity contribution in [3.05, 3.63) is 23.1 Å². The summed E-state index contributed by atoms with van der Waals surface area (Å²) in [4.78, 5) is 0. The van der Waals surface area contributed by atoms with Gasteiger partial charge >= 0.3 is 0 Å². The normalized spacial score (nSPS) is 13.1. The lowest BCUT2D eigenvalue weighted by Gasteiger charge is -2.06. The Bertz CT molecular complexity index is 599. The van der Waals surface area contributed by atoms with E-state index in [9.17, 15) is 4.39 Å². The summed E-state index contributed by atoms with van der Waals surface area (Å²) in [7, 11) is 0. The highest BCUT2D eigenvalue weighted by Gasteiger charge is 2.25. The van der Waals surface area contributed by atoms with Crippen LogP contribution in [0.2, 0.25) is 5.02 Å². The standard InChI is InChI=1S/C10H7ClFN3O2/c11-7-8(12)4(5-2-14-15-10(5)13)1-6-9(7)17-3-16-6/h1-2H,3H2,(H3,13,14,15). The van der Waals surface area contributed by atoms with Crippen molar-refractivity contribution in [1.82, 2.24) is 10.2 Å². The molecule has 88 valence electrons. The quantitative estimate of drug-likeness (QED) is 0.819. The number of ether oxygens (including phenoxy) is 2. The fourth-order valence-electron chi connectivity index (χ4n) is 1.69. The fourth-order valence-corrected chi connectivity index (χ4v) is 1.94. The van der Waals surface area contributed by atoms with Crippen molar-refractivity contribution in [2.45, 2.75) is 0 Å². The first-order valence-electron chi connectivity index (χ1n) is 4.75. The zero-order valence-electron chi connectivity index (χ0n) is 8.46. The number of aromatic amines is 1. The third-order valence-electron chi connectivity index (χ3n) is 2.50. The summed E-state index contributed by atoms with van der Waals surface area (Å²) in [6.45, 7) is 0.0266. The first kappa shape index (κ1) is 10.2. The first-order valence-corrected chi connectivity index (χ1v) is 5.13. The van der Waals surface area contributed by atoms with Crippen molar-refractivity contribution in [2.75, 3.05) is 12.5 Å². The van der Waals surface area contributed by atoms with Gasteiger partial charge in [-0.25, -0.2) is 4.39 Å². The molecule has 0 fully saturated rings. The summed E-state index contributed by atoms with van der Waals surface area (Å²) in [5.41, 5.74) is 6.30. The van der Waals surface area contributed by atoms with E-state index in [1.165, 1.54) is 12.3 Å². The van der Waals surface area contributed by atoms with Crippen molar-refractivity contribution >= 4 is 17.4 Å². The van der Waals surface area contributed by atoms with Crippen LogP contribution in [-0.2, 0) is 0 Å². The maximum absolute atomic E-state index is 14.0. The Labute approximate surface area is 100 Å². The Morgan fingerprint density at radius 1 is 1.41 bits per heavy atom. The number of nitrogens with one attached hydrogen (secondary N) is 1. The number of nitrogens with two attached hydrogens (primary N) is 1. The summed E-state index contributed by atoms with van der Waals surface area (Å²) in [5.74, 6) is 0.268. The van der Waals surface area contributed by atoms with Crippen LogP contribution in [0.15, 0.2) is 12.3 Å².